The van der Waals surface area contributed by atoms with E-state index in [1.807, 2.05) is 0 Å². The number of rotatable bonds is 3. The van der Waals surface area contributed by atoms with Crippen LogP contribution >= 0.6 is 0 Å². The fourth-order valence-corrected chi connectivity index (χ4v) is 1.80. The Labute approximate surface area is 92.2 Å². The normalized spacial score (nSPS) is 27.6. The Morgan fingerprint density at radius 2 is 2.12 bits per heavy atom. The first-order chi connectivity index (χ1) is 7.58. The lowest BCUT2D eigenvalue weighted by Gasteiger charge is -2.07. The molecule has 0 N–H and O–H groups in total. The van der Waals surface area contributed by atoms with Crippen molar-refractivity contribution in [2.75, 3.05) is 6.61 Å². The molecule has 0 saturated heterocycles. The minimum Gasteiger partial charge on any atom is -0.466 e. The lowest BCUT2D eigenvalue weighted by molar-refractivity contribution is -0.145. The Balaban J connectivity index is 2.12. The molecule has 0 spiro atoms. The van der Waals surface area contributed by atoms with Gasteiger partial charge in [-0.3, -0.25) is 4.79 Å². The van der Waals surface area contributed by atoms with Crippen molar-refractivity contribution in [3.8, 4) is 0 Å². The molecular formula is C12H12F2O2. The van der Waals surface area contributed by atoms with E-state index in [-0.39, 0.29) is 13.0 Å². The predicted octanol–water partition coefficient (Wildman–Crippen LogP) is 2.57. The van der Waals surface area contributed by atoms with E-state index in [1.165, 1.54) is 24.3 Å². The highest BCUT2D eigenvalue weighted by atomic mass is 19.1. The van der Waals surface area contributed by atoms with Crippen molar-refractivity contribution in [3.05, 3.63) is 35.6 Å². The number of carbonyl (C=O) groups is 1. The molecule has 1 fully saturated rings. The van der Waals surface area contributed by atoms with E-state index in [2.05, 4.69) is 0 Å². The van der Waals surface area contributed by atoms with Crippen LogP contribution in [0.2, 0.25) is 0 Å². The molecule has 1 aliphatic rings. The fourth-order valence-electron chi connectivity index (χ4n) is 1.80. The van der Waals surface area contributed by atoms with Gasteiger partial charge in [-0.15, -0.1) is 0 Å². The van der Waals surface area contributed by atoms with Crippen LogP contribution < -0.4 is 0 Å². The van der Waals surface area contributed by atoms with E-state index >= 15 is 0 Å². The molecule has 0 aromatic heterocycles. The number of carbonyl (C=O) groups excluding carboxylic acids is 1. The Hall–Kier alpha value is -1.45. The summed E-state index contributed by atoms with van der Waals surface area (Å²) in [4.78, 5) is 11.3. The van der Waals surface area contributed by atoms with Crippen molar-refractivity contribution in [1.29, 1.82) is 0 Å². The van der Waals surface area contributed by atoms with Crippen molar-refractivity contribution in [2.45, 2.75) is 19.0 Å². The zero-order valence-electron chi connectivity index (χ0n) is 8.87. The van der Waals surface area contributed by atoms with Crippen LogP contribution in [0.1, 0.15) is 18.9 Å². The number of hydrogen-bond acceptors (Lipinski definition) is 2. The molecule has 1 saturated carbocycles. The summed E-state index contributed by atoms with van der Waals surface area (Å²) < 4.78 is 31.6. The third-order valence-electron chi connectivity index (χ3n) is 2.79. The number of halogens is 2. The molecule has 0 amide bonds. The maximum Gasteiger partial charge on any atom is 0.312 e. The first-order valence-electron chi connectivity index (χ1n) is 5.19. The Morgan fingerprint density at radius 1 is 1.50 bits per heavy atom. The lowest BCUT2D eigenvalue weighted by Crippen LogP contribution is -2.13. The molecule has 2 nitrogen and oxygen atoms in total. The largest absolute Gasteiger partial charge is 0.466 e. The van der Waals surface area contributed by atoms with Gasteiger partial charge in [-0.2, -0.15) is 0 Å². The zero-order chi connectivity index (χ0) is 11.8. The number of esters is 1. The fraction of sp³-hybridized carbons (Fsp3) is 0.417. The molecule has 2 rings (SSSR count). The first-order valence-corrected chi connectivity index (χ1v) is 5.19. The van der Waals surface area contributed by atoms with Gasteiger partial charge in [0, 0.05) is 6.42 Å². The molecule has 0 radical (unpaired) electrons. The summed E-state index contributed by atoms with van der Waals surface area (Å²) in [5.74, 6) is -1.67. The van der Waals surface area contributed by atoms with Gasteiger partial charge in [0.05, 0.1) is 12.5 Å². The van der Waals surface area contributed by atoms with Crippen LogP contribution in [0.4, 0.5) is 8.78 Å². The van der Waals surface area contributed by atoms with E-state index in [9.17, 15) is 13.6 Å². The second kappa shape index (κ2) is 3.85. The number of benzene rings is 1. The Morgan fingerprint density at radius 3 is 2.69 bits per heavy atom. The average molecular weight is 226 g/mol. The molecular weight excluding hydrogens is 214 g/mol. The molecule has 1 aromatic rings. The van der Waals surface area contributed by atoms with Crippen LogP contribution in [0.5, 0.6) is 0 Å². The van der Waals surface area contributed by atoms with Crippen LogP contribution in [-0.4, -0.2) is 12.6 Å². The van der Waals surface area contributed by atoms with E-state index < -0.39 is 23.4 Å². The topological polar surface area (TPSA) is 26.3 Å². The number of alkyl halides is 1. The summed E-state index contributed by atoms with van der Waals surface area (Å²) in [5.41, 5.74) is -1.33. The molecule has 0 bridgehead atoms. The summed E-state index contributed by atoms with van der Waals surface area (Å²) in [6.07, 6.45) is 0.122. The van der Waals surface area contributed by atoms with Gasteiger partial charge >= 0.3 is 5.97 Å². The van der Waals surface area contributed by atoms with Crippen LogP contribution in [-0.2, 0) is 15.2 Å². The monoisotopic (exact) mass is 226 g/mol. The summed E-state index contributed by atoms with van der Waals surface area (Å²) >= 11 is 0. The molecule has 16 heavy (non-hydrogen) atoms. The van der Waals surface area contributed by atoms with Crippen molar-refractivity contribution < 1.29 is 18.3 Å². The molecule has 1 aromatic carbocycles. The molecule has 0 unspecified atom stereocenters. The van der Waals surface area contributed by atoms with Gasteiger partial charge in [0.15, 0.2) is 0 Å². The predicted molar refractivity (Wildman–Crippen MR) is 53.9 cm³/mol. The quantitative estimate of drug-likeness (QED) is 0.740. The SMILES string of the molecule is CCOC(=O)[C@@H]1C[C@@]1(F)c1ccc(F)cc1. The van der Waals surface area contributed by atoms with Crippen LogP contribution in [0, 0.1) is 11.7 Å². The second-order valence-corrected chi connectivity index (χ2v) is 3.88. The zero-order valence-corrected chi connectivity index (χ0v) is 8.87. The smallest absolute Gasteiger partial charge is 0.312 e. The Bertz CT molecular complexity index is 402. The summed E-state index contributed by atoms with van der Waals surface area (Å²) in [7, 11) is 0. The van der Waals surface area contributed by atoms with Gasteiger partial charge in [-0.25, -0.2) is 8.78 Å². The van der Waals surface area contributed by atoms with Gasteiger partial charge in [-0.05, 0) is 24.6 Å². The third kappa shape index (κ3) is 1.79. The lowest BCUT2D eigenvalue weighted by atomic mass is 10.1. The molecule has 0 aliphatic heterocycles. The van der Waals surface area contributed by atoms with E-state index in [4.69, 9.17) is 4.74 Å². The van der Waals surface area contributed by atoms with E-state index in [0.29, 0.717) is 5.56 Å². The molecule has 86 valence electrons. The number of ether oxygens (including phenoxy) is 1. The van der Waals surface area contributed by atoms with Gasteiger partial charge < -0.3 is 4.74 Å². The second-order valence-electron chi connectivity index (χ2n) is 3.88. The third-order valence-corrected chi connectivity index (χ3v) is 2.79. The van der Waals surface area contributed by atoms with Crippen molar-refractivity contribution in [2.24, 2.45) is 5.92 Å². The standard InChI is InChI=1S/C12H12F2O2/c1-2-16-11(15)10-7-12(10,14)8-3-5-9(13)6-4-8/h3-6,10H,2,7H2,1H3/t10-,12+/m0/s1. The highest BCUT2D eigenvalue weighted by molar-refractivity contribution is 5.78. The van der Waals surface area contributed by atoms with Crippen LogP contribution in [0.25, 0.3) is 0 Å². The van der Waals surface area contributed by atoms with E-state index in [0.717, 1.165) is 0 Å². The summed E-state index contributed by atoms with van der Waals surface area (Å²) in [5, 5.41) is 0. The molecule has 1 aliphatic carbocycles. The highest BCUT2D eigenvalue weighted by Crippen LogP contribution is 2.56. The minimum atomic E-state index is -1.67. The first kappa shape index (κ1) is 11.0. The van der Waals surface area contributed by atoms with Crippen LogP contribution in [0.15, 0.2) is 24.3 Å². The van der Waals surface area contributed by atoms with E-state index in [1.54, 1.807) is 6.92 Å². The maximum absolute atomic E-state index is 14.2. The van der Waals surface area contributed by atoms with Gasteiger partial charge in [-0.1, -0.05) is 12.1 Å². The van der Waals surface area contributed by atoms with Gasteiger partial charge in [0.2, 0.25) is 0 Å². The number of hydrogen-bond donors (Lipinski definition) is 0. The summed E-state index contributed by atoms with van der Waals surface area (Å²) in [6, 6.07) is 5.12. The average Bonchev–Trinajstić information content (AvgIpc) is 2.93. The molecule has 2 atom stereocenters. The van der Waals surface area contributed by atoms with Gasteiger partial charge in [0.1, 0.15) is 11.5 Å². The summed E-state index contributed by atoms with van der Waals surface area (Å²) in [6.45, 7) is 1.92. The minimum absolute atomic E-state index is 0.122. The van der Waals surface area contributed by atoms with Crippen molar-refractivity contribution in [3.63, 3.8) is 0 Å². The Kier molecular flexibility index (Phi) is 2.66. The highest BCUT2D eigenvalue weighted by Gasteiger charge is 2.61. The van der Waals surface area contributed by atoms with Crippen molar-refractivity contribution >= 4 is 5.97 Å². The molecule has 0 heterocycles. The van der Waals surface area contributed by atoms with Gasteiger partial charge in [0.25, 0.3) is 0 Å². The molecule has 4 heteroatoms. The van der Waals surface area contributed by atoms with Crippen molar-refractivity contribution in [1.82, 2.24) is 0 Å². The maximum atomic E-state index is 14.2. The van der Waals surface area contributed by atoms with Crippen LogP contribution in [0.3, 0.4) is 0 Å².